The topological polar surface area (TPSA) is 66.4 Å². The smallest absolute Gasteiger partial charge is 0.261 e. The van der Waals surface area contributed by atoms with E-state index in [4.69, 9.17) is 0 Å². The molecule has 26 heavy (non-hydrogen) atoms. The van der Waals surface area contributed by atoms with Crippen molar-refractivity contribution in [1.82, 2.24) is 19.8 Å². The fraction of sp³-hybridized carbons (Fsp3) is 0.200. The Bertz CT molecular complexity index is 1010. The third kappa shape index (κ3) is 2.64. The highest BCUT2D eigenvalue weighted by Gasteiger charge is 2.33. The number of imide groups is 1. The first kappa shape index (κ1) is 16.4. The average Bonchev–Trinajstić information content (AvgIpc) is 2.66. The molecule has 0 radical (unpaired) electrons. The van der Waals surface area contributed by atoms with E-state index in [0.29, 0.717) is 35.4 Å². The zero-order valence-corrected chi connectivity index (χ0v) is 14.6. The number of amides is 2. The maximum absolute atomic E-state index is 13.1. The fourth-order valence-corrected chi connectivity index (χ4v) is 3.24. The Morgan fingerprint density at radius 2 is 1.69 bits per heavy atom. The maximum Gasteiger partial charge on any atom is 0.261 e. The van der Waals surface area contributed by atoms with Gasteiger partial charge >= 0.3 is 0 Å². The molecule has 2 amide bonds. The molecule has 1 aliphatic rings. The molecule has 0 saturated carbocycles. The highest BCUT2D eigenvalue weighted by Crippen LogP contribution is 2.33. The van der Waals surface area contributed by atoms with E-state index in [1.54, 1.807) is 30.6 Å². The van der Waals surface area contributed by atoms with Crippen LogP contribution in [-0.4, -0.2) is 58.8 Å². The van der Waals surface area contributed by atoms with Crippen molar-refractivity contribution >= 4 is 22.6 Å². The first-order valence-corrected chi connectivity index (χ1v) is 8.41. The lowest BCUT2D eigenvalue weighted by Gasteiger charge is -2.28. The van der Waals surface area contributed by atoms with E-state index in [-0.39, 0.29) is 11.8 Å². The van der Waals surface area contributed by atoms with E-state index >= 15 is 0 Å². The number of benzene rings is 2. The predicted molar refractivity (Wildman–Crippen MR) is 98.9 cm³/mol. The summed E-state index contributed by atoms with van der Waals surface area (Å²) in [5.74, 6) is 0.0533. The second kappa shape index (κ2) is 6.31. The largest absolute Gasteiger partial charge is 0.308 e. The summed E-state index contributed by atoms with van der Waals surface area (Å²) in [5.41, 5.74) is 1.86. The number of likely N-dealkylation sites (N-methyl/N-ethyl adjacent to an activating group) is 1. The predicted octanol–water partition coefficient (Wildman–Crippen LogP) is 2.45. The van der Waals surface area contributed by atoms with Crippen molar-refractivity contribution in [2.24, 2.45) is 0 Å². The number of aromatic nitrogens is 2. The summed E-state index contributed by atoms with van der Waals surface area (Å²) in [5, 5.41) is 1.56. The summed E-state index contributed by atoms with van der Waals surface area (Å²) in [6.07, 6.45) is 3.34. The van der Waals surface area contributed by atoms with Gasteiger partial charge in [0, 0.05) is 47.6 Å². The Morgan fingerprint density at radius 1 is 0.962 bits per heavy atom. The van der Waals surface area contributed by atoms with Gasteiger partial charge in [0.2, 0.25) is 0 Å². The maximum atomic E-state index is 13.1. The van der Waals surface area contributed by atoms with Crippen molar-refractivity contribution in [3.05, 3.63) is 59.9 Å². The quantitative estimate of drug-likeness (QED) is 0.679. The summed E-state index contributed by atoms with van der Waals surface area (Å²) < 4.78 is 0. The Morgan fingerprint density at radius 3 is 2.42 bits per heavy atom. The van der Waals surface area contributed by atoms with Gasteiger partial charge in [-0.25, -0.2) is 9.97 Å². The van der Waals surface area contributed by atoms with Gasteiger partial charge in [0.15, 0.2) is 5.82 Å². The summed E-state index contributed by atoms with van der Waals surface area (Å²) in [7, 11) is 3.83. The fourth-order valence-electron chi connectivity index (χ4n) is 3.24. The van der Waals surface area contributed by atoms with Crippen LogP contribution in [0, 0.1) is 0 Å². The van der Waals surface area contributed by atoms with Gasteiger partial charge in [-0.15, -0.1) is 0 Å². The highest BCUT2D eigenvalue weighted by molar-refractivity contribution is 6.26. The van der Waals surface area contributed by atoms with Crippen LogP contribution < -0.4 is 0 Å². The average molecular weight is 346 g/mol. The van der Waals surface area contributed by atoms with E-state index in [1.165, 1.54) is 4.90 Å². The van der Waals surface area contributed by atoms with Gasteiger partial charge in [-0.2, -0.15) is 0 Å². The first-order chi connectivity index (χ1) is 12.6. The molecule has 6 heteroatoms. The number of hydrogen-bond acceptors (Lipinski definition) is 5. The standard InChI is InChI=1S/C20H18N4O2/c1-23(2)9-10-24-19(25)15-6-3-5-13-11-14(18-21-7-4-8-22-18)12-16(17(13)15)20(24)26/h3-8,11-12H,9-10H2,1-2H3. The molecule has 0 spiro atoms. The van der Waals surface area contributed by atoms with Gasteiger partial charge in [0.25, 0.3) is 11.8 Å². The molecule has 0 unspecified atom stereocenters. The highest BCUT2D eigenvalue weighted by atomic mass is 16.2. The van der Waals surface area contributed by atoms with Gasteiger partial charge < -0.3 is 4.90 Å². The number of nitrogens with zero attached hydrogens (tertiary/aromatic N) is 4. The van der Waals surface area contributed by atoms with Crippen LogP contribution in [0.5, 0.6) is 0 Å². The Balaban J connectivity index is 1.89. The van der Waals surface area contributed by atoms with Crippen LogP contribution in [0.2, 0.25) is 0 Å². The third-order valence-corrected chi connectivity index (χ3v) is 4.52. The summed E-state index contributed by atoms with van der Waals surface area (Å²) >= 11 is 0. The molecule has 0 saturated heterocycles. The van der Waals surface area contributed by atoms with Crippen LogP contribution in [-0.2, 0) is 0 Å². The molecule has 1 aromatic heterocycles. The number of hydrogen-bond donors (Lipinski definition) is 0. The second-order valence-corrected chi connectivity index (χ2v) is 6.57. The third-order valence-electron chi connectivity index (χ3n) is 4.52. The second-order valence-electron chi connectivity index (χ2n) is 6.57. The van der Waals surface area contributed by atoms with Crippen LogP contribution in [0.4, 0.5) is 0 Å². The molecule has 1 aliphatic heterocycles. The molecule has 130 valence electrons. The summed E-state index contributed by atoms with van der Waals surface area (Å²) in [6.45, 7) is 0.969. The van der Waals surface area contributed by atoms with E-state index < -0.39 is 0 Å². The monoisotopic (exact) mass is 346 g/mol. The lowest BCUT2D eigenvalue weighted by Crippen LogP contribution is -2.43. The van der Waals surface area contributed by atoms with E-state index in [1.807, 2.05) is 37.2 Å². The minimum atomic E-state index is -0.265. The number of carbonyl (C=O) groups is 2. The van der Waals surface area contributed by atoms with Gasteiger partial charge in [-0.1, -0.05) is 12.1 Å². The lowest BCUT2D eigenvalue weighted by atomic mass is 9.92. The summed E-state index contributed by atoms with van der Waals surface area (Å²) in [4.78, 5) is 37.7. The summed E-state index contributed by atoms with van der Waals surface area (Å²) in [6, 6.07) is 11.0. The number of rotatable bonds is 4. The van der Waals surface area contributed by atoms with Crippen LogP contribution in [0.3, 0.4) is 0 Å². The molecule has 0 aliphatic carbocycles. The number of carbonyl (C=O) groups excluding carboxylic acids is 2. The van der Waals surface area contributed by atoms with Crippen molar-refractivity contribution in [3.8, 4) is 11.4 Å². The Hall–Kier alpha value is -3.12. The Labute approximate surface area is 151 Å². The molecule has 2 heterocycles. The molecular formula is C20H18N4O2. The molecule has 2 aromatic carbocycles. The lowest BCUT2D eigenvalue weighted by molar-refractivity contribution is 0.0601. The van der Waals surface area contributed by atoms with Gasteiger partial charge in [0.05, 0.1) is 0 Å². The molecule has 6 nitrogen and oxygen atoms in total. The molecule has 0 bridgehead atoms. The molecule has 3 aromatic rings. The van der Waals surface area contributed by atoms with E-state index in [9.17, 15) is 9.59 Å². The van der Waals surface area contributed by atoms with Crippen molar-refractivity contribution in [2.45, 2.75) is 0 Å². The molecule has 0 N–H and O–H groups in total. The van der Waals surface area contributed by atoms with Crippen molar-refractivity contribution < 1.29 is 9.59 Å². The molecular weight excluding hydrogens is 328 g/mol. The zero-order valence-electron chi connectivity index (χ0n) is 14.6. The van der Waals surface area contributed by atoms with Crippen LogP contribution in [0.15, 0.2) is 48.8 Å². The van der Waals surface area contributed by atoms with E-state index in [2.05, 4.69) is 9.97 Å². The molecule has 0 atom stereocenters. The van der Waals surface area contributed by atoms with Gasteiger partial charge in [-0.3, -0.25) is 14.5 Å². The first-order valence-electron chi connectivity index (χ1n) is 8.41. The zero-order chi connectivity index (χ0) is 18.3. The van der Waals surface area contributed by atoms with E-state index in [0.717, 1.165) is 10.9 Å². The van der Waals surface area contributed by atoms with Crippen LogP contribution >= 0.6 is 0 Å². The molecule has 0 fully saturated rings. The van der Waals surface area contributed by atoms with Crippen molar-refractivity contribution in [2.75, 3.05) is 27.2 Å². The minimum absolute atomic E-state index is 0.237. The van der Waals surface area contributed by atoms with Crippen molar-refractivity contribution in [1.29, 1.82) is 0 Å². The Kier molecular flexibility index (Phi) is 3.97. The van der Waals surface area contributed by atoms with Crippen molar-refractivity contribution in [3.63, 3.8) is 0 Å². The van der Waals surface area contributed by atoms with Gasteiger partial charge in [0.1, 0.15) is 0 Å². The SMILES string of the molecule is CN(C)CCN1C(=O)c2cccc3cc(-c4ncccn4)cc(c23)C1=O. The van der Waals surface area contributed by atoms with Crippen LogP contribution in [0.25, 0.3) is 22.2 Å². The minimum Gasteiger partial charge on any atom is -0.308 e. The van der Waals surface area contributed by atoms with Gasteiger partial charge in [-0.05, 0) is 43.7 Å². The molecule has 4 rings (SSSR count). The normalized spacial score (nSPS) is 13.7. The van der Waals surface area contributed by atoms with Crippen LogP contribution in [0.1, 0.15) is 20.7 Å².